The lowest BCUT2D eigenvalue weighted by atomic mass is 10.1. The summed E-state index contributed by atoms with van der Waals surface area (Å²) in [5.74, 6) is 0.567. The van der Waals surface area contributed by atoms with E-state index in [1.54, 1.807) is 13.8 Å². The summed E-state index contributed by atoms with van der Waals surface area (Å²) in [5, 5.41) is 2.53. The van der Waals surface area contributed by atoms with Gasteiger partial charge in [0.15, 0.2) is 12.7 Å². The lowest BCUT2D eigenvalue weighted by molar-refractivity contribution is -0.118. The van der Waals surface area contributed by atoms with Crippen molar-refractivity contribution in [2.75, 3.05) is 7.11 Å². The average Bonchev–Trinajstić information content (AvgIpc) is 2.88. The number of carbonyl (C=O) groups is 1. The van der Waals surface area contributed by atoms with Crippen molar-refractivity contribution in [3.05, 3.63) is 36.6 Å². The molecule has 2 heterocycles. The molecule has 2 aliphatic heterocycles. The minimum atomic E-state index is -4.45. The van der Waals surface area contributed by atoms with E-state index in [4.69, 9.17) is 35.6 Å². The van der Waals surface area contributed by atoms with Crippen LogP contribution in [0.25, 0.3) is 0 Å². The second-order valence-electron chi connectivity index (χ2n) is 6.51. The molecule has 0 aromatic carbocycles. The van der Waals surface area contributed by atoms with Crippen LogP contribution in [-0.2, 0) is 35.2 Å². The van der Waals surface area contributed by atoms with Gasteiger partial charge in [0.1, 0.15) is 24.1 Å². The maximum absolute atomic E-state index is 11.5. The van der Waals surface area contributed by atoms with Crippen molar-refractivity contribution in [2.45, 2.75) is 44.0 Å². The molecule has 0 radical (unpaired) electrons. The third-order valence-corrected chi connectivity index (χ3v) is 8.07. The Bertz CT molecular complexity index is 780. The Balaban J connectivity index is 2.39. The summed E-state index contributed by atoms with van der Waals surface area (Å²) < 4.78 is 28.4. The van der Waals surface area contributed by atoms with E-state index >= 15 is 0 Å². The molecule has 10 nitrogen and oxygen atoms in total. The number of ether oxygens (including phenoxy) is 2. The molecule has 0 spiro atoms. The summed E-state index contributed by atoms with van der Waals surface area (Å²) in [6, 6.07) is 0. The van der Waals surface area contributed by atoms with Crippen LogP contribution in [0.3, 0.4) is 0 Å². The van der Waals surface area contributed by atoms with Crippen LogP contribution in [0.5, 0.6) is 0 Å². The molecule has 0 aromatic rings. The van der Waals surface area contributed by atoms with Gasteiger partial charge in [-0.15, -0.1) is 0 Å². The van der Waals surface area contributed by atoms with Crippen molar-refractivity contribution in [2.24, 2.45) is 0 Å². The Morgan fingerprint density at radius 2 is 2.04 bits per heavy atom. The molecule has 5 atom stereocenters. The van der Waals surface area contributed by atoms with Crippen LogP contribution in [0.1, 0.15) is 13.8 Å². The minimum absolute atomic E-state index is 0.227. The first-order chi connectivity index (χ1) is 12.9. The average molecular weight is 454 g/mol. The van der Waals surface area contributed by atoms with Gasteiger partial charge in [0.25, 0.3) is 5.91 Å². The number of nitrogens with one attached hydrogen (secondary N) is 1. The fourth-order valence-electron chi connectivity index (χ4n) is 2.63. The molecule has 2 aliphatic rings. The molecular weight excluding hydrogens is 430 g/mol. The highest BCUT2D eigenvalue weighted by molar-refractivity contribution is 8.09. The quantitative estimate of drug-likeness (QED) is 0.411. The first kappa shape index (κ1) is 23.4. The molecule has 0 aliphatic carbocycles. The van der Waals surface area contributed by atoms with Crippen LogP contribution in [0, 0.1) is 0 Å². The Hall–Kier alpha value is -0.870. The zero-order chi connectivity index (χ0) is 21.3. The third kappa shape index (κ3) is 5.60. The van der Waals surface area contributed by atoms with Crippen LogP contribution in [-0.4, -0.2) is 62.8 Å². The highest BCUT2D eigenvalue weighted by Crippen LogP contribution is 2.51. The molecule has 4 N–H and O–H groups in total. The SMILES string of the molecule is C=C1NC(=O)C=CN1[C@@H]1O[C@H](/C=C/P(=O)(O)O)[C@@H](OP(O)(=S)C(C)C)[C@H]1OC. The van der Waals surface area contributed by atoms with E-state index in [0.29, 0.717) is 5.82 Å². The monoisotopic (exact) mass is 454 g/mol. The molecule has 0 bridgehead atoms. The van der Waals surface area contributed by atoms with Gasteiger partial charge in [-0.25, -0.2) is 0 Å². The molecule has 0 saturated carbocycles. The summed E-state index contributed by atoms with van der Waals surface area (Å²) in [6.07, 6.45) is 0.279. The van der Waals surface area contributed by atoms with Crippen molar-refractivity contribution in [3.8, 4) is 0 Å². The van der Waals surface area contributed by atoms with Gasteiger partial charge in [0, 0.05) is 30.9 Å². The maximum atomic E-state index is 11.5. The fraction of sp³-hybridized carbons (Fsp3) is 0.533. The number of hydrogen-bond donors (Lipinski definition) is 4. The Labute approximate surface area is 168 Å². The Morgan fingerprint density at radius 1 is 1.39 bits per heavy atom. The van der Waals surface area contributed by atoms with Gasteiger partial charge in [0.2, 0.25) is 0 Å². The van der Waals surface area contributed by atoms with Crippen LogP contribution >= 0.6 is 14.1 Å². The summed E-state index contributed by atoms with van der Waals surface area (Å²) in [7, 11) is -3.05. The van der Waals surface area contributed by atoms with Gasteiger partial charge in [-0.3, -0.25) is 9.36 Å². The fourth-order valence-corrected chi connectivity index (χ4v) is 4.16. The first-order valence-electron chi connectivity index (χ1n) is 8.26. The number of hydrogen-bond acceptors (Lipinski definition) is 7. The predicted molar refractivity (Wildman–Crippen MR) is 105 cm³/mol. The zero-order valence-corrected chi connectivity index (χ0v) is 18.1. The first-order valence-corrected chi connectivity index (χ1v) is 12.7. The predicted octanol–water partition coefficient (Wildman–Crippen LogP) is 0.930. The topological polar surface area (TPSA) is 138 Å². The summed E-state index contributed by atoms with van der Waals surface area (Å²) in [5.41, 5.74) is -0.352. The van der Waals surface area contributed by atoms with Crippen molar-refractivity contribution < 1.29 is 38.0 Å². The van der Waals surface area contributed by atoms with Crippen LogP contribution < -0.4 is 5.32 Å². The van der Waals surface area contributed by atoms with E-state index in [0.717, 1.165) is 6.08 Å². The van der Waals surface area contributed by atoms with Crippen molar-refractivity contribution in [3.63, 3.8) is 0 Å². The van der Waals surface area contributed by atoms with Crippen molar-refractivity contribution in [1.29, 1.82) is 0 Å². The number of amides is 1. The third-order valence-electron chi connectivity index (χ3n) is 4.13. The standard InChI is InChI=1S/C15H24N2O8P2S/c1-9(2)27(22,28)25-13-11(6-8-26(19,20)21)24-15(14(13)23-4)17-7-5-12(18)16-10(17)3/h5-9,11,13-15H,3H2,1-2,4H3,(H,16,18)(H,22,28)(H2,19,20,21)/b8-6+/t11-,13-,14-,15-,27?/m1/s1. The van der Waals surface area contributed by atoms with Crippen molar-refractivity contribution >= 4 is 31.8 Å². The van der Waals surface area contributed by atoms with Gasteiger partial charge < -0.3 is 38.9 Å². The Morgan fingerprint density at radius 3 is 2.54 bits per heavy atom. The molecule has 1 unspecified atom stereocenters. The van der Waals surface area contributed by atoms with Crippen LogP contribution in [0.2, 0.25) is 0 Å². The van der Waals surface area contributed by atoms with Crippen LogP contribution in [0.4, 0.5) is 0 Å². The molecule has 2 rings (SSSR count). The molecule has 1 saturated heterocycles. The molecule has 0 aromatic heterocycles. The second-order valence-corrected chi connectivity index (χ2v) is 11.9. The maximum Gasteiger partial charge on any atom is 0.348 e. The van der Waals surface area contributed by atoms with Gasteiger partial charge in [-0.1, -0.05) is 20.4 Å². The lowest BCUT2D eigenvalue weighted by Crippen LogP contribution is -2.47. The van der Waals surface area contributed by atoms with Gasteiger partial charge in [0.05, 0.1) is 0 Å². The highest BCUT2D eigenvalue weighted by Gasteiger charge is 2.50. The zero-order valence-electron chi connectivity index (χ0n) is 15.5. The summed E-state index contributed by atoms with van der Waals surface area (Å²) >= 11 is 5.20. The van der Waals surface area contributed by atoms with E-state index in [1.165, 1.54) is 24.3 Å². The molecule has 158 valence electrons. The normalized spacial score (nSPS) is 30.9. The lowest BCUT2D eigenvalue weighted by Gasteiger charge is -2.34. The summed E-state index contributed by atoms with van der Waals surface area (Å²) in [6.45, 7) is 3.94. The molecular formula is C15H24N2O8P2S. The summed E-state index contributed by atoms with van der Waals surface area (Å²) in [4.78, 5) is 41.8. The van der Waals surface area contributed by atoms with E-state index in [9.17, 15) is 14.3 Å². The van der Waals surface area contributed by atoms with Crippen LogP contribution in [0.15, 0.2) is 36.6 Å². The van der Waals surface area contributed by atoms with Crippen molar-refractivity contribution in [1.82, 2.24) is 10.2 Å². The second kappa shape index (κ2) is 8.87. The molecule has 28 heavy (non-hydrogen) atoms. The minimum Gasteiger partial charge on any atom is -0.374 e. The van der Waals surface area contributed by atoms with E-state index in [2.05, 4.69) is 11.9 Å². The Kier molecular flexibility index (Phi) is 7.42. The largest absolute Gasteiger partial charge is 0.374 e. The van der Waals surface area contributed by atoms with E-state index < -0.39 is 38.6 Å². The molecule has 1 amide bonds. The van der Waals surface area contributed by atoms with E-state index in [-0.39, 0.29) is 17.4 Å². The highest BCUT2D eigenvalue weighted by atomic mass is 32.5. The van der Waals surface area contributed by atoms with E-state index in [1.807, 2.05) is 0 Å². The van der Waals surface area contributed by atoms with Gasteiger partial charge >= 0.3 is 7.60 Å². The smallest absolute Gasteiger partial charge is 0.348 e. The van der Waals surface area contributed by atoms with Gasteiger partial charge in [-0.2, -0.15) is 0 Å². The number of rotatable bonds is 7. The number of methoxy groups -OCH3 is 1. The molecule has 13 heteroatoms. The number of nitrogens with zero attached hydrogens (tertiary/aromatic N) is 1. The molecule has 1 fully saturated rings. The number of carbonyl (C=O) groups excluding carboxylic acids is 1. The van der Waals surface area contributed by atoms with Gasteiger partial charge in [-0.05, 0) is 17.9 Å².